The van der Waals surface area contributed by atoms with Crippen LogP contribution >= 0.6 is 0 Å². The van der Waals surface area contributed by atoms with Crippen LogP contribution in [0.15, 0.2) is 67.0 Å². The highest BCUT2D eigenvalue weighted by Gasteiger charge is 2.23. The number of fused-ring (bicyclic) bond motifs is 1. The number of rotatable bonds is 3. The van der Waals surface area contributed by atoms with Gasteiger partial charge in [-0.2, -0.15) is 0 Å². The van der Waals surface area contributed by atoms with Crippen LogP contribution in [-0.4, -0.2) is 17.4 Å². The minimum absolute atomic E-state index is 0.00259. The summed E-state index contributed by atoms with van der Waals surface area (Å²) < 4.78 is 0. The van der Waals surface area contributed by atoms with E-state index in [1.165, 1.54) is 11.1 Å². The number of aryl methyl sites for hydroxylation is 2. The van der Waals surface area contributed by atoms with Crippen LogP contribution in [0, 0.1) is 6.92 Å². The van der Waals surface area contributed by atoms with Gasteiger partial charge in [-0.3, -0.25) is 9.78 Å². The summed E-state index contributed by atoms with van der Waals surface area (Å²) in [7, 11) is 0. The first-order chi connectivity index (χ1) is 12.7. The average Bonchev–Trinajstić information content (AvgIpc) is 2.69. The van der Waals surface area contributed by atoms with Crippen molar-refractivity contribution in [2.24, 2.45) is 0 Å². The van der Waals surface area contributed by atoms with Crippen molar-refractivity contribution in [2.75, 3.05) is 16.8 Å². The Morgan fingerprint density at radius 3 is 2.69 bits per heavy atom. The molecule has 0 saturated carbocycles. The van der Waals surface area contributed by atoms with E-state index in [0.29, 0.717) is 5.56 Å². The largest absolute Gasteiger partial charge is 0.354 e. The van der Waals surface area contributed by atoms with Crippen molar-refractivity contribution in [3.63, 3.8) is 0 Å². The Bertz CT molecular complexity index is 934. The van der Waals surface area contributed by atoms with Gasteiger partial charge in [-0.1, -0.05) is 35.9 Å². The maximum absolute atomic E-state index is 13.1. The Kier molecular flexibility index (Phi) is 4.40. The lowest BCUT2D eigenvalue weighted by molar-refractivity contribution is 0.0985. The van der Waals surface area contributed by atoms with Crippen LogP contribution < -0.4 is 10.2 Å². The van der Waals surface area contributed by atoms with Crippen molar-refractivity contribution in [1.82, 2.24) is 4.98 Å². The summed E-state index contributed by atoms with van der Waals surface area (Å²) >= 11 is 0. The first-order valence-corrected chi connectivity index (χ1v) is 8.89. The minimum Gasteiger partial charge on any atom is -0.354 e. The van der Waals surface area contributed by atoms with Gasteiger partial charge in [-0.05, 0) is 49.6 Å². The topological polar surface area (TPSA) is 45.2 Å². The molecule has 2 aromatic carbocycles. The third-order valence-corrected chi connectivity index (χ3v) is 4.68. The van der Waals surface area contributed by atoms with Crippen LogP contribution in [0.5, 0.6) is 0 Å². The zero-order valence-corrected chi connectivity index (χ0v) is 14.8. The van der Waals surface area contributed by atoms with Crippen molar-refractivity contribution >= 4 is 23.0 Å². The van der Waals surface area contributed by atoms with E-state index in [-0.39, 0.29) is 5.91 Å². The fourth-order valence-corrected chi connectivity index (χ4v) is 3.33. The number of carbonyl (C=O) groups is 1. The summed E-state index contributed by atoms with van der Waals surface area (Å²) in [4.78, 5) is 19.2. The van der Waals surface area contributed by atoms with Gasteiger partial charge in [0.15, 0.2) is 0 Å². The second-order valence-electron chi connectivity index (χ2n) is 6.64. The number of para-hydroxylation sites is 1. The number of hydrogen-bond donors (Lipinski definition) is 1. The minimum atomic E-state index is -0.00259. The molecule has 0 atom stereocenters. The van der Waals surface area contributed by atoms with Crippen LogP contribution in [-0.2, 0) is 6.42 Å². The van der Waals surface area contributed by atoms with Crippen LogP contribution in [0.3, 0.4) is 0 Å². The first kappa shape index (κ1) is 16.3. The highest BCUT2D eigenvalue weighted by molar-refractivity contribution is 6.07. The Morgan fingerprint density at radius 2 is 1.85 bits per heavy atom. The third-order valence-electron chi connectivity index (χ3n) is 4.68. The maximum atomic E-state index is 13.1. The lowest BCUT2D eigenvalue weighted by Crippen LogP contribution is -2.35. The molecule has 0 bridgehead atoms. The maximum Gasteiger partial charge on any atom is 0.259 e. The van der Waals surface area contributed by atoms with E-state index in [1.807, 2.05) is 41.3 Å². The molecule has 1 aliphatic rings. The number of aromatic nitrogens is 1. The molecule has 1 aliphatic heterocycles. The standard InChI is InChI=1S/C22H21N3O/c1-16-8-10-19(11-9-16)24-20-13-18(14-23-15-20)22(26)25-12-4-6-17-5-2-3-7-21(17)25/h2-3,5,7-11,13-15,24H,4,6,12H2,1H3. The second kappa shape index (κ2) is 7.00. The van der Waals surface area contributed by atoms with Crippen LogP contribution in [0.1, 0.15) is 27.9 Å². The molecule has 3 aromatic rings. The molecule has 0 aliphatic carbocycles. The number of hydrogen-bond acceptors (Lipinski definition) is 3. The predicted octanol–water partition coefficient (Wildman–Crippen LogP) is 4.73. The molecule has 0 radical (unpaired) electrons. The fraction of sp³-hybridized carbons (Fsp3) is 0.182. The molecule has 0 spiro atoms. The summed E-state index contributed by atoms with van der Waals surface area (Å²) in [6.45, 7) is 2.80. The summed E-state index contributed by atoms with van der Waals surface area (Å²) in [5.41, 5.74) is 5.84. The Hall–Kier alpha value is -3.14. The van der Waals surface area contributed by atoms with E-state index >= 15 is 0 Å². The molecule has 0 fully saturated rings. The molecule has 1 aromatic heterocycles. The molecule has 1 N–H and O–H groups in total. The zero-order valence-electron chi connectivity index (χ0n) is 14.8. The van der Waals surface area contributed by atoms with E-state index in [1.54, 1.807) is 12.4 Å². The van der Waals surface area contributed by atoms with E-state index in [2.05, 4.69) is 35.4 Å². The van der Waals surface area contributed by atoms with Gasteiger partial charge >= 0.3 is 0 Å². The summed E-state index contributed by atoms with van der Waals surface area (Å²) in [5, 5.41) is 3.32. The van der Waals surface area contributed by atoms with E-state index in [0.717, 1.165) is 36.4 Å². The molecule has 130 valence electrons. The Balaban J connectivity index is 1.59. The number of anilines is 3. The quantitative estimate of drug-likeness (QED) is 0.748. The number of pyridine rings is 1. The smallest absolute Gasteiger partial charge is 0.259 e. The van der Waals surface area contributed by atoms with E-state index in [9.17, 15) is 4.79 Å². The fourth-order valence-electron chi connectivity index (χ4n) is 3.33. The number of carbonyl (C=O) groups excluding carboxylic acids is 1. The van der Waals surface area contributed by atoms with Crippen molar-refractivity contribution in [3.8, 4) is 0 Å². The average molecular weight is 343 g/mol. The van der Waals surface area contributed by atoms with E-state index in [4.69, 9.17) is 0 Å². The highest BCUT2D eigenvalue weighted by Crippen LogP contribution is 2.28. The van der Waals surface area contributed by atoms with Crippen molar-refractivity contribution in [1.29, 1.82) is 0 Å². The first-order valence-electron chi connectivity index (χ1n) is 8.89. The van der Waals surface area contributed by atoms with Crippen molar-refractivity contribution in [2.45, 2.75) is 19.8 Å². The molecule has 0 saturated heterocycles. The lowest BCUT2D eigenvalue weighted by atomic mass is 10.0. The predicted molar refractivity (Wildman–Crippen MR) is 105 cm³/mol. The number of benzene rings is 2. The normalized spacial score (nSPS) is 13.2. The van der Waals surface area contributed by atoms with Gasteiger partial charge in [0, 0.05) is 24.1 Å². The number of nitrogens with one attached hydrogen (secondary N) is 1. The SMILES string of the molecule is Cc1ccc(Nc2cncc(C(=O)N3CCCc4ccccc43)c2)cc1. The van der Waals surface area contributed by atoms with Gasteiger partial charge in [-0.25, -0.2) is 0 Å². The van der Waals surface area contributed by atoms with Gasteiger partial charge < -0.3 is 10.2 Å². The molecule has 26 heavy (non-hydrogen) atoms. The Labute approximate surface area is 153 Å². The molecule has 2 heterocycles. The van der Waals surface area contributed by atoms with Crippen molar-refractivity contribution < 1.29 is 4.79 Å². The summed E-state index contributed by atoms with van der Waals surface area (Å²) in [5.74, 6) is -0.00259. The number of amides is 1. The Morgan fingerprint density at radius 1 is 1.04 bits per heavy atom. The summed E-state index contributed by atoms with van der Waals surface area (Å²) in [6, 6.07) is 18.1. The molecule has 1 amide bonds. The molecule has 0 unspecified atom stereocenters. The molecule has 4 heteroatoms. The molecule has 4 rings (SSSR count). The number of nitrogens with zero attached hydrogens (tertiary/aromatic N) is 2. The van der Waals surface area contributed by atoms with Gasteiger partial charge in [0.1, 0.15) is 0 Å². The van der Waals surface area contributed by atoms with E-state index < -0.39 is 0 Å². The van der Waals surface area contributed by atoms with Gasteiger partial charge in [0.2, 0.25) is 0 Å². The summed E-state index contributed by atoms with van der Waals surface area (Å²) in [6.07, 6.45) is 5.38. The van der Waals surface area contributed by atoms with Gasteiger partial charge in [-0.15, -0.1) is 0 Å². The lowest BCUT2D eigenvalue weighted by Gasteiger charge is -2.29. The van der Waals surface area contributed by atoms with Crippen molar-refractivity contribution in [3.05, 3.63) is 83.7 Å². The molecule has 4 nitrogen and oxygen atoms in total. The van der Waals surface area contributed by atoms with Crippen LogP contribution in [0.25, 0.3) is 0 Å². The zero-order chi connectivity index (χ0) is 17.9. The third kappa shape index (κ3) is 3.31. The van der Waals surface area contributed by atoms with Gasteiger partial charge in [0.05, 0.1) is 17.4 Å². The molecular formula is C22H21N3O. The highest BCUT2D eigenvalue weighted by atomic mass is 16.2. The molecular weight excluding hydrogens is 322 g/mol. The monoisotopic (exact) mass is 343 g/mol. The van der Waals surface area contributed by atoms with Crippen LogP contribution in [0.2, 0.25) is 0 Å². The van der Waals surface area contributed by atoms with Gasteiger partial charge in [0.25, 0.3) is 5.91 Å². The van der Waals surface area contributed by atoms with Crippen LogP contribution in [0.4, 0.5) is 17.1 Å². The second-order valence-corrected chi connectivity index (χ2v) is 6.64.